The van der Waals surface area contributed by atoms with Crippen molar-refractivity contribution < 1.29 is 9.53 Å². The summed E-state index contributed by atoms with van der Waals surface area (Å²) in [6.07, 6.45) is 6.99. The molecule has 0 bridgehead atoms. The molecule has 7 nitrogen and oxygen atoms in total. The molecule has 1 aromatic heterocycles. The van der Waals surface area contributed by atoms with Crippen molar-refractivity contribution >= 4 is 17.5 Å². The first kappa shape index (κ1) is 20.8. The molecule has 3 heterocycles. The minimum absolute atomic E-state index is 0.0285. The molecule has 28 heavy (non-hydrogen) atoms. The van der Waals surface area contributed by atoms with E-state index in [1.165, 1.54) is 25.9 Å². The highest BCUT2D eigenvalue weighted by Crippen LogP contribution is 2.33. The highest BCUT2D eigenvalue weighted by Gasteiger charge is 2.32. The molecular weight excluding hydrogens is 354 g/mol. The third kappa shape index (κ3) is 4.93. The maximum Gasteiger partial charge on any atom is 0.320 e. The largest absolute Gasteiger partial charge is 0.460 e. The number of amides is 1. The van der Waals surface area contributed by atoms with Crippen molar-refractivity contribution in [2.24, 2.45) is 5.92 Å². The first-order valence-corrected chi connectivity index (χ1v) is 10.9. The maximum absolute atomic E-state index is 12.6. The third-order valence-corrected chi connectivity index (χ3v) is 5.93. The Morgan fingerprint density at radius 2 is 2.14 bits per heavy atom. The summed E-state index contributed by atoms with van der Waals surface area (Å²) in [6, 6.07) is 0.280. The maximum atomic E-state index is 12.6. The van der Waals surface area contributed by atoms with Gasteiger partial charge < -0.3 is 15.4 Å². The van der Waals surface area contributed by atoms with E-state index in [0.29, 0.717) is 24.6 Å². The van der Waals surface area contributed by atoms with Crippen LogP contribution in [0.25, 0.3) is 0 Å². The van der Waals surface area contributed by atoms with E-state index >= 15 is 0 Å². The summed E-state index contributed by atoms with van der Waals surface area (Å²) in [5.74, 6) is 1.81. The zero-order valence-corrected chi connectivity index (χ0v) is 17.6. The van der Waals surface area contributed by atoms with E-state index < -0.39 is 0 Å². The fourth-order valence-corrected chi connectivity index (χ4v) is 4.37. The number of carbonyl (C=O) groups is 1. The molecule has 3 rings (SSSR count). The van der Waals surface area contributed by atoms with Gasteiger partial charge in [0.05, 0.1) is 12.5 Å². The number of nitrogen functional groups attached to an aromatic ring is 1. The summed E-state index contributed by atoms with van der Waals surface area (Å²) in [6.45, 7) is 10.6. The minimum Gasteiger partial charge on any atom is -0.460 e. The average molecular weight is 390 g/mol. The van der Waals surface area contributed by atoms with Crippen LogP contribution in [0.4, 0.5) is 11.6 Å². The van der Waals surface area contributed by atoms with Crippen LogP contribution in [0, 0.1) is 5.92 Å². The molecule has 7 heteroatoms. The van der Waals surface area contributed by atoms with E-state index in [0.717, 1.165) is 43.7 Å². The molecule has 2 aliphatic heterocycles. The molecule has 1 unspecified atom stereocenters. The van der Waals surface area contributed by atoms with Crippen LogP contribution in [-0.4, -0.2) is 53.1 Å². The summed E-state index contributed by atoms with van der Waals surface area (Å²) in [5, 5.41) is 0. The lowest BCUT2D eigenvalue weighted by Crippen LogP contribution is -2.35. The lowest BCUT2D eigenvalue weighted by molar-refractivity contribution is -0.117. The zero-order chi connectivity index (χ0) is 20.1. The van der Waals surface area contributed by atoms with Gasteiger partial charge >= 0.3 is 6.01 Å². The van der Waals surface area contributed by atoms with Crippen LogP contribution in [0.2, 0.25) is 0 Å². The Morgan fingerprint density at radius 3 is 2.89 bits per heavy atom. The van der Waals surface area contributed by atoms with E-state index in [2.05, 4.69) is 28.7 Å². The van der Waals surface area contributed by atoms with Gasteiger partial charge in [0.25, 0.3) is 0 Å². The van der Waals surface area contributed by atoms with E-state index in [-0.39, 0.29) is 18.0 Å². The number of anilines is 2. The molecule has 0 radical (unpaired) electrons. The third-order valence-electron chi connectivity index (χ3n) is 5.93. The monoisotopic (exact) mass is 389 g/mol. The first-order valence-electron chi connectivity index (χ1n) is 10.9. The molecule has 1 saturated heterocycles. The van der Waals surface area contributed by atoms with Gasteiger partial charge in [-0.25, -0.2) is 0 Å². The molecule has 2 aliphatic rings. The number of carbonyl (C=O) groups excluding carboxylic acids is 1. The van der Waals surface area contributed by atoms with Gasteiger partial charge in [0.15, 0.2) is 0 Å². The molecular formula is C21H35N5O2. The Morgan fingerprint density at radius 1 is 1.32 bits per heavy atom. The highest BCUT2D eigenvalue weighted by atomic mass is 16.5. The van der Waals surface area contributed by atoms with Crippen molar-refractivity contribution in [2.45, 2.75) is 71.8 Å². The number of nitrogens with two attached hydrogens (primary N) is 1. The van der Waals surface area contributed by atoms with E-state index in [1.54, 1.807) is 4.90 Å². The Bertz CT molecular complexity index is 681. The van der Waals surface area contributed by atoms with Gasteiger partial charge in [-0.05, 0) is 58.0 Å². The van der Waals surface area contributed by atoms with Gasteiger partial charge in [0, 0.05) is 18.7 Å². The summed E-state index contributed by atoms with van der Waals surface area (Å²) in [4.78, 5) is 25.7. The van der Waals surface area contributed by atoms with Gasteiger partial charge in [-0.15, -0.1) is 0 Å². The van der Waals surface area contributed by atoms with Gasteiger partial charge in [-0.3, -0.25) is 9.69 Å². The van der Waals surface area contributed by atoms with Crippen molar-refractivity contribution in [3.8, 4) is 6.01 Å². The quantitative estimate of drug-likeness (QED) is 0.699. The summed E-state index contributed by atoms with van der Waals surface area (Å²) in [7, 11) is 0. The molecule has 0 aliphatic carbocycles. The average Bonchev–Trinajstić information content (AvgIpc) is 2.98. The molecule has 156 valence electrons. The first-order chi connectivity index (χ1) is 13.5. The predicted octanol–water partition coefficient (Wildman–Crippen LogP) is 3.03. The Hall–Kier alpha value is -1.89. The Labute approximate surface area is 168 Å². The molecule has 1 aromatic rings. The van der Waals surface area contributed by atoms with Crippen molar-refractivity contribution in [1.82, 2.24) is 14.9 Å². The summed E-state index contributed by atoms with van der Waals surface area (Å²) >= 11 is 0. The van der Waals surface area contributed by atoms with Gasteiger partial charge in [0.2, 0.25) is 5.91 Å². The number of fused-ring (bicyclic) bond motifs is 1. The number of ether oxygens (including phenoxy) is 1. The van der Waals surface area contributed by atoms with Crippen molar-refractivity contribution in [1.29, 1.82) is 0 Å². The number of nitrogens with zero attached hydrogens (tertiary/aromatic N) is 4. The van der Waals surface area contributed by atoms with Crippen molar-refractivity contribution in [2.75, 3.05) is 36.8 Å². The molecule has 2 atom stereocenters. The number of piperidine rings is 1. The second kappa shape index (κ2) is 9.54. The lowest BCUT2D eigenvalue weighted by Gasteiger charge is -2.32. The van der Waals surface area contributed by atoms with E-state index in [1.807, 2.05) is 6.92 Å². The Kier molecular flexibility index (Phi) is 7.10. The molecule has 1 amide bonds. The second-order valence-corrected chi connectivity index (χ2v) is 8.18. The van der Waals surface area contributed by atoms with E-state index in [9.17, 15) is 4.79 Å². The van der Waals surface area contributed by atoms with Crippen LogP contribution < -0.4 is 15.4 Å². The van der Waals surface area contributed by atoms with Crippen LogP contribution in [-0.2, 0) is 11.2 Å². The van der Waals surface area contributed by atoms with E-state index in [4.69, 9.17) is 10.5 Å². The van der Waals surface area contributed by atoms with Crippen LogP contribution >= 0.6 is 0 Å². The minimum atomic E-state index is 0.0285. The fourth-order valence-electron chi connectivity index (χ4n) is 4.37. The highest BCUT2D eigenvalue weighted by molar-refractivity contribution is 6.01. The normalized spacial score (nSPS) is 21.0. The van der Waals surface area contributed by atoms with Gasteiger partial charge in [-0.1, -0.05) is 20.3 Å². The smallest absolute Gasteiger partial charge is 0.320 e. The molecule has 1 fully saturated rings. The predicted molar refractivity (Wildman–Crippen MR) is 112 cm³/mol. The fraction of sp³-hybridized carbons (Fsp3) is 0.762. The van der Waals surface area contributed by atoms with Crippen LogP contribution in [0.15, 0.2) is 0 Å². The van der Waals surface area contributed by atoms with Gasteiger partial charge in [0.1, 0.15) is 11.6 Å². The van der Waals surface area contributed by atoms with Crippen molar-refractivity contribution in [3.63, 3.8) is 0 Å². The number of likely N-dealkylation sites (tertiary alicyclic amines) is 1. The number of hydrogen-bond donors (Lipinski definition) is 1. The number of aromatic nitrogens is 2. The SMILES string of the molecule is CCC[C@H](C)Oc1nc(N)c2c(n1)N(CCCC1CCCN(CC)C1)C(=O)C2. The summed E-state index contributed by atoms with van der Waals surface area (Å²) < 4.78 is 5.82. The molecule has 2 N–H and O–H groups in total. The Balaban J connectivity index is 1.62. The number of hydrogen-bond acceptors (Lipinski definition) is 6. The topological polar surface area (TPSA) is 84.6 Å². The number of rotatable bonds is 9. The second-order valence-electron chi connectivity index (χ2n) is 8.18. The lowest BCUT2D eigenvalue weighted by atomic mass is 9.93. The van der Waals surface area contributed by atoms with Crippen LogP contribution in [0.5, 0.6) is 6.01 Å². The summed E-state index contributed by atoms with van der Waals surface area (Å²) in [5.41, 5.74) is 6.85. The van der Waals surface area contributed by atoms with Crippen molar-refractivity contribution in [3.05, 3.63) is 5.56 Å². The molecule has 0 saturated carbocycles. The molecule has 0 aromatic carbocycles. The molecule has 0 spiro atoms. The standard InChI is InChI=1S/C21H35N5O2/c1-4-8-15(3)28-21-23-19(22)17-13-18(27)26(20(17)24-21)12-7-10-16-9-6-11-25(5-2)14-16/h15-16H,4-14H2,1-3H3,(H2,22,23,24)/t15-,16?/m0/s1. The zero-order valence-electron chi connectivity index (χ0n) is 17.6. The van der Waals surface area contributed by atoms with Crippen LogP contribution in [0.3, 0.4) is 0 Å². The van der Waals surface area contributed by atoms with Crippen LogP contribution in [0.1, 0.15) is 64.9 Å². The van der Waals surface area contributed by atoms with Gasteiger partial charge in [-0.2, -0.15) is 9.97 Å².